The van der Waals surface area contributed by atoms with Crippen LogP contribution >= 0.6 is 0 Å². The SMILES string of the molecule is CNCC(C)NCC(C)C1CC1. The Hall–Kier alpha value is -0.0800. The second kappa shape index (κ2) is 4.83. The van der Waals surface area contributed by atoms with E-state index in [-0.39, 0.29) is 0 Å². The van der Waals surface area contributed by atoms with Crippen LogP contribution in [0.25, 0.3) is 0 Å². The monoisotopic (exact) mass is 170 g/mol. The van der Waals surface area contributed by atoms with Crippen molar-refractivity contribution in [1.82, 2.24) is 10.6 Å². The molecule has 2 N–H and O–H groups in total. The van der Waals surface area contributed by atoms with E-state index < -0.39 is 0 Å². The van der Waals surface area contributed by atoms with Crippen molar-refractivity contribution in [2.24, 2.45) is 11.8 Å². The number of hydrogen-bond donors (Lipinski definition) is 2. The second-order valence-electron chi connectivity index (χ2n) is 4.18. The molecule has 1 fully saturated rings. The minimum atomic E-state index is 0.608. The summed E-state index contributed by atoms with van der Waals surface area (Å²) in [4.78, 5) is 0. The maximum Gasteiger partial charge on any atom is 0.0164 e. The topological polar surface area (TPSA) is 24.1 Å². The maximum atomic E-state index is 3.54. The van der Waals surface area contributed by atoms with E-state index in [1.54, 1.807) is 0 Å². The largest absolute Gasteiger partial charge is 0.318 e. The molecule has 0 aromatic carbocycles. The van der Waals surface area contributed by atoms with Gasteiger partial charge in [0.2, 0.25) is 0 Å². The summed E-state index contributed by atoms with van der Waals surface area (Å²) in [5.74, 6) is 1.91. The van der Waals surface area contributed by atoms with E-state index in [1.807, 2.05) is 7.05 Å². The summed E-state index contributed by atoms with van der Waals surface area (Å²) < 4.78 is 0. The van der Waals surface area contributed by atoms with Gasteiger partial charge >= 0.3 is 0 Å². The molecule has 0 aromatic rings. The van der Waals surface area contributed by atoms with Gasteiger partial charge in [0, 0.05) is 12.6 Å². The van der Waals surface area contributed by atoms with Crippen LogP contribution in [0.1, 0.15) is 26.7 Å². The van der Waals surface area contributed by atoms with Crippen molar-refractivity contribution in [3.63, 3.8) is 0 Å². The molecule has 1 rings (SSSR count). The predicted octanol–water partition coefficient (Wildman–Crippen LogP) is 1.23. The summed E-state index contributed by atoms with van der Waals surface area (Å²) >= 11 is 0. The van der Waals surface area contributed by atoms with Gasteiger partial charge < -0.3 is 10.6 Å². The normalized spacial score (nSPS) is 22.2. The van der Waals surface area contributed by atoms with Crippen LogP contribution < -0.4 is 10.6 Å². The summed E-state index contributed by atoms with van der Waals surface area (Å²) in [6.45, 7) is 6.85. The lowest BCUT2D eigenvalue weighted by Gasteiger charge is -2.16. The fourth-order valence-electron chi connectivity index (χ4n) is 1.60. The molecule has 0 saturated heterocycles. The maximum absolute atomic E-state index is 3.54. The fourth-order valence-corrected chi connectivity index (χ4v) is 1.60. The molecule has 1 saturated carbocycles. The summed E-state index contributed by atoms with van der Waals surface area (Å²) in [6, 6.07) is 0.608. The molecular formula is C10H22N2. The van der Waals surface area contributed by atoms with Crippen LogP contribution in [-0.4, -0.2) is 26.2 Å². The van der Waals surface area contributed by atoms with Gasteiger partial charge in [-0.1, -0.05) is 6.92 Å². The third-order valence-electron chi connectivity index (χ3n) is 2.73. The van der Waals surface area contributed by atoms with Gasteiger partial charge in [0.15, 0.2) is 0 Å². The van der Waals surface area contributed by atoms with Crippen LogP contribution in [0.2, 0.25) is 0 Å². The first-order chi connectivity index (χ1) is 5.74. The highest BCUT2D eigenvalue weighted by molar-refractivity contribution is 4.80. The zero-order valence-electron chi connectivity index (χ0n) is 8.56. The summed E-state index contributed by atoms with van der Waals surface area (Å²) in [6.07, 6.45) is 2.92. The standard InChI is InChI=1S/C10H22N2/c1-8(10-4-5-10)6-12-9(2)7-11-3/h8-12H,4-7H2,1-3H3. The van der Waals surface area contributed by atoms with Crippen molar-refractivity contribution in [2.45, 2.75) is 32.7 Å². The van der Waals surface area contributed by atoms with Gasteiger partial charge in [-0.05, 0) is 45.2 Å². The van der Waals surface area contributed by atoms with E-state index in [9.17, 15) is 0 Å². The van der Waals surface area contributed by atoms with E-state index in [1.165, 1.54) is 19.4 Å². The molecule has 0 radical (unpaired) electrons. The molecule has 0 spiro atoms. The minimum absolute atomic E-state index is 0.608. The van der Waals surface area contributed by atoms with Gasteiger partial charge in [-0.25, -0.2) is 0 Å². The van der Waals surface area contributed by atoms with Crippen LogP contribution in [0.15, 0.2) is 0 Å². The Balaban J connectivity index is 1.99. The predicted molar refractivity (Wildman–Crippen MR) is 53.3 cm³/mol. The van der Waals surface area contributed by atoms with Crippen molar-refractivity contribution >= 4 is 0 Å². The lowest BCUT2D eigenvalue weighted by atomic mass is 10.1. The highest BCUT2D eigenvalue weighted by Gasteiger charge is 2.27. The smallest absolute Gasteiger partial charge is 0.0164 e. The number of hydrogen-bond acceptors (Lipinski definition) is 2. The average Bonchev–Trinajstić information content (AvgIpc) is 2.83. The average molecular weight is 170 g/mol. The molecule has 12 heavy (non-hydrogen) atoms. The first kappa shape index (κ1) is 10.0. The Kier molecular flexibility index (Phi) is 4.02. The molecule has 0 aromatic heterocycles. The Morgan fingerprint density at radius 1 is 1.25 bits per heavy atom. The Morgan fingerprint density at radius 3 is 2.42 bits per heavy atom. The molecule has 0 amide bonds. The number of likely N-dealkylation sites (N-methyl/N-ethyl adjacent to an activating group) is 1. The third kappa shape index (κ3) is 3.55. The lowest BCUT2D eigenvalue weighted by molar-refractivity contribution is 0.420. The van der Waals surface area contributed by atoms with E-state index >= 15 is 0 Å². The van der Waals surface area contributed by atoms with Crippen molar-refractivity contribution < 1.29 is 0 Å². The zero-order chi connectivity index (χ0) is 8.97. The van der Waals surface area contributed by atoms with Gasteiger partial charge in [-0.2, -0.15) is 0 Å². The molecule has 2 atom stereocenters. The molecule has 2 unspecified atom stereocenters. The van der Waals surface area contributed by atoms with Gasteiger partial charge in [-0.15, -0.1) is 0 Å². The minimum Gasteiger partial charge on any atom is -0.318 e. The van der Waals surface area contributed by atoms with E-state index in [4.69, 9.17) is 0 Å². The molecule has 0 bridgehead atoms. The summed E-state index contributed by atoms with van der Waals surface area (Å²) in [7, 11) is 2.00. The van der Waals surface area contributed by atoms with E-state index in [0.717, 1.165) is 18.4 Å². The first-order valence-electron chi connectivity index (χ1n) is 5.12. The lowest BCUT2D eigenvalue weighted by Crippen LogP contribution is -2.37. The van der Waals surface area contributed by atoms with Crippen LogP contribution in [0.3, 0.4) is 0 Å². The van der Waals surface area contributed by atoms with Gasteiger partial charge in [0.1, 0.15) is 0 Å². The van der Waals surface area contributed by atoms with Crippen molar-refractivity contribution in [3.8, 4) is 0 Å². The molecule has 2 nitrogen and oxygen atoms in total. The van der Waals surface area contributed by atoms with Crippen LogP contribution in [0.5, 0.6) is 0 Å². The number of rotatable bonds is 6. The fraction of sp³-hybridized carbons (Fsp3) is 1.00. The van der Waals surface area contributed by atoms with Crippen molar-refractivity contribution in [3.05, 3.63) is 0 Å². The van der Waals surface area contributed by atoms with Crippen LogP contribution in [-0.2, 0) is 0 Å². The van der Waals surface area contributed by atoms with Crippen molar-refractivity contribution in [1.29, 1.82) is 0 Å². The molecular weight excluding hydrogens is 148 g/mol. The summed E-state index contributed by atoms with van der Waals surface area (Å²) in [5, 5.41) is 6.72. The second-order valence-corrected chi connectivity index (χ2v) is 4.18. The third-order valence-corrected chi connectivity index (χ3v) is 2.73. The van der Waals surface area contributed by atoms with Crippen molar-refractivity contribution in [2.75, 3.05) is 20.1 Å². The molecule has 1 aliphatic rings. The molecule has 1 aliphatic carbocycles. The zero-order valence-corrected chi connectivity index (χ0v) is 8.56. The van der Waals surface area contributed by atoms with Crippen LogP contribution in [0, 0.1) is 11.8 Å². The quantitative estimate of drug-likeness (QED) is 0.626. The molecule has 0 heterocycles. The Labute approximate surface area is 76.1 Å². The molecule has 2 heteroatoms. The van der Waals surface area contributed by atoms with Gasteiger partial charge in [0.25, 0.3) is 0 Å². The Morgan fingerprint density at radius 2 is 1.92 bits per heavy atom. The van der Waals surface area contributed by atoms with Gasteiger partial charge in [0.05, 0.1) is 0 Å². The van der Waals surface area contributed by atoms with Gasteiger partial charge in [-0.3, -0.25) is 0 Å². The highest BCUT2D eigenvalue weighted by Crippen LogP contribution is 2.36. The molecule has 0 aliphatic heterocycles. The first-order valence-corrected chi connectivity index (χ1v) is 5.12. The highest BCUT2D eigenvalue weighted by atomic mass is 15.0. The van der Waals surface area contributed by atoms with E-state index in [2.05, 4.69) is 24.5 Å². The number of nitrogens with one attached hydrogen (secondary N) is 2. The van der Waals surface area contributed by atoms with E-state index in [0.29, 0.717) is 6.04 Å². The van der Waals surface area contributed by atoms with Crippen LogP contribution in [0.4, 0.5) is 0 Å². The summed E-state index contributed by atoms with van der Waals surface area (Å²) in [5.41, 5.74) is 0. The Bertz CT molecular complexity index is 121. The molecule has 72 valence electrons.